The molecule has 0 bridgehead atoms. The van der Waals surface area contributed by atoms with E-state index in [0.717, 1.165) is 12.0 Å². The lowest BCUT2D eigenvalue weighted by molar-refractivity contribution is -0.385. The van der Waals surface area contributed by atoms with Gasteiger partial charge in [0.15, 0.2) is 0 Å². The molecule has 0 amide bonds. The molecule has 1 aromatic carbocycles. The lowest BCUT2D eigenvalue weighted by Gasteiger charge is -2.36. The number of carboxylic acid groups (broad SMARTS) is 1. The minimum Gasteiger partial charge on any atom is -0.481 e. The molecule has 2 rings (SSSR count). The minimum atomic E-state index is -0.762. The summed E-state index contributed by atoms with van der Waals surface area (Å²) in [6, 6.07) is 5.50. The molecule has 0 radical (unpaired) electrons. The molecular formula is C15H20N2O4. The van der Waals surface area contributed by atoms with Crippen molar-refractivity contribution in [1.82, 2.24) is 4.90 Å². The van der Waals surface area contributed by atoms with Crippen molar-refractivity contribution in [2.24, 2.45) is 5.92 Å². The number of nitro benzene ring substituents is 1. The lowest BCUT2D eigenvalue weighted by Crippen LogP contribution is -2.43. The third-order valence-corrected chi connectivity index (χ3v) is 4.22. The Morgan fingerprint density at radius 2 is 2.19 bits per heavy atom. The van der Waals surface area contributed by atoms with E-state index in [1.807, 2.05) is 6.07 Å². The maximum atomic E-state index is 11.1. The van der Waals surface area contributed by atoms with Crippen LogP contribution in [0.3, 0.4) is 0 Å². The molecule has 1 fully saturated rings. The van der Waals surface area contributed by atoms with Crippen molar-refractivity contribution in [3.8, 4) is 0 Å². The van der Waals surface area contributed by atoms with Gasteiger partial charge >= 0.3 is 5.97 Å². The van der Waals surface area contributed by atoms with Gasteiger partial charge in [0.05, 0.1) is 10.8 Å². The summed E-state index contributed by atoms with van der Waals surface area (Å²) in [6.07, 6.45) is 1.53. The Labute approximate surface area is 123 Å². The van der Waals surface area contributed by atoms with Crippen molar-refractivity contribution >= 4 is 11.7 Å². The van der Waals surface area contributed by atoms with Crippen LogP contribution in [-0.4, -0.2) is 33.5 Å². The molecule has 2 atom stereocenters. The van der Waals surface area contributed by atoms with Gasteiger partial charge in [0, 0.05) is 30.8 Å². The molecule has 0 spiro atoms. The van der Waals surface area contributed by atoms with Crippen molar-refractivity contribution in [1.29, 1.82) is 0 Å². The molecule has 1 saturated heterocycles. The molecule has 0 saturated carbocycles. The van der Waals surface area contributed by atoms with E-state index in [-0.39, 0.29) is 16.5 Å². The first-order valence-electron chi connectivity index (χ1n) is 7.09. The molecule has 1 heterocycles. The predicted molar refractivity (Wildman–Crippen MR) is 78.1 cm³/mol. The van der Waals surface area contributed by atoms with Crippen LogP contribution in [0.4, 0.5) is 5.69 Å². The molecule has 0 aromatic heterocycles. The van der Waals surface area contributed by atoms with E-state index in [1.54, 1.807) is 19.1 Å². The maximum absolute atomic E-state index is 11.1. The van der Waals surface area contributed by atoms with E-state index < -0.39 is 5.97 Å². The van der Waals surface area contributed by atoms with Gasteiger partial charge in [-0.15, -0.1) is 0 Å². The first-order chi connectivity index (χ1) is 9.88. The fourth-order valence-electron chi connectivity index (χ4n) is 2.79. The zero-order valence-corrected chi connectivity index (χ0v) is 12.3. The highest BCUT2D eigenvalue weighted by atomic mass is 16.6. The Balaban J connectivity index is 2.14. The van der Waals surface area contributed by atoms with Crippen LogP contribution in [0.2, 0.25) is 0 Å². The monoisotopic (exact) mass is 292 g/mol. The number of nitrogens with zero attached hydrogens (tertiary/aromatic N) is 2. The average Bonchev–Trinajstić information content (AvgIpc) is 2.42. The van der Waals surface area contributed by atoms with Crippen molar-refractivity contribution in [3.05, 3.63) is 39.4 Å². The van der Waals surface area contributed by atoms with E-state index in [4.69, 9.17) is 5.11 Å². The number of carbonyl (C=O) groups is 1. The Kier molecular flexibility index (Phi) is 4.57. The van der Waals surface area contributed by atoms with Gasteiger partial charge in [0.2, 0.25) is 0 Å². The zero-order chi connectivity index (χ0) is 15.6. The second-order valence-corrected chi connectivity index (χ2v) is 5.77. The summed E-state index contributed by atoms with van der Waals surface area (Å²) in [6.45, 7) is 4.83. The lowest BCUT2D eigenvalue weighted by atomic mass is 9.93. The number of nitro groups is 1. The summed E-state index contributed by atoms with van der Waals surface area (Å²) in [5.74, 6) is -1.11. The molecule has 1 aromatic rings. The second-order valence-electron chi connectivity index (χ2n) is 5.77. The Hall–Kier alpha value is -1.95. The number of benzene rings is 1. The number of aryl methyl sites for hydroxylation is 1. The predicted octanol–water partition coefficient (Wildman–Crippen LogP) is 2.59. The van der Waals surface area contributed by atoms with Gasteiger partial charge in [-0.05, 0) is 32.3 Å². The van der Waals surface area contributed by atoms with Gasteiger partial charge in [-0.3, -0.25) is 19.8 Å². The highest BCUT2D eigenvalue weighted by Crippen LogP contribution is 2.26. The van der Waals surface area contributed by atoms with Crippen LogP contribution in [0, 0.1) is 23.0 Å². The molecule has 1 aliphatic heterocycles. The van der Waals surface area contributed by atoms with Gasteiger partial charge in [-0.25, -0.2) is 0 Å². The van der Waals surface area contributed by atoms with Crippen molar-refractivity contribution in [3.63, 3.8) is 0 Å². The molecule has 1 aliphatic rings. The third-order valence-electron chi connectivity index (χ3n) is 4.22. The smallest absolute Gasteiger partial charge is 0.307 e. The van der Waals surface area contributed by atoms with Crippen LogP contribution in [-0.2, 0) is 11.3 Å². The number of piperidine rings is 1. The van der Waals surface area contributed by atoms with E-state index in [1.165, 1.54) is 0 Å². The van der Waals surface area contributed by atoms with Crippen LogP contribution in [0.15, 0.2) is 18.2 Å². The maximum Gasteiger partial charge on any atom is 0.307 e. The molecule has 2 unspecified atom stereocenters. The van der Waals surface area contributed by atoms with E-state index in [9.17, 15) is 14.9 Å². The molecule has 0 aliphatic carbocycles. The van der Waals surface area contributed by atoms with Gasteiger partial charge in [-0.1, -0.05) is 12.1 Å². The van der Waals surface area contributed by atoms with Crippen LogP contribution in [0.1, 0.15) is 30.9 Å². The first kappa shape index (κ1) is 15.4. The highest BCUT2D eigenvalue weighted by Gasteiger charge is 2.29. The Bertz CT molecular complexity index is 559. The van der Waals surface area contributed by atoms with Crippen molar-refractivity contribution in [2.75, 3.05) is 6.54 Å². The standard InChI is InChI=1S/C15H20N2O4/c1-10-3-5-12(7-14(10)17(20)21)8-16-9-13(15(18)19)6-4-11(16)2/h3,5,7,11,13H,4,6,8-9H2,1-2H3,(H,18,19). The number of likely N-dealkylation sites (tertiary alicyclic amines) is 1. The minimum absolute atomic E-state index is 0.118. The van der Waals surface area contributed by atoms with Gasteiger partial charge in [0.1, 0.15) is 0 Å². The van der Waals surface area contributed by atoms with Crippen molar-refractivity contribution in [2.45, 2.75) is 39.3 Å². The summed E-state index contributed by atoms with van der Waals surface area (Å²) in [7, 11) is 0. The largest absolute Gasteiger partial charge is 0.481 e. The number of hydrogen-bond acceptors (Lipinski definition) is 4. The van der Waals surface area contributed by atoms with Crippen LogP contribution in [0.5, 0.6) is 0 Å². The van der Waals surface area contributed by atoms with Gasteiger partial charge in [0.25, 0.3) is 5.69 Å². The molecule has 21 heavy (non-hydrogen) atoms. The topological polar surface area (TPSA) is 83.7 Å². The number of aliphatic carboxylic acids is 1. The molecule has 6 heteroatoms. The molecule has 1 N–H and O–H groups in total. The fraction of sp³-hybridized carbons (Fsp3) is 0.533. The van der Waals surface area contributed by atoms with E-state index >= 15 is 0 Å². The summed E-state index contributed by atoms with van der Waals surface area (Å²) < 4.78 is 0. The van der Waals surface area contributed by atoms with E-state index in [0.29, 0.717) is 31.1 Å². The number of carboxylic acids is 1. The number of rotatable bonds is 4. The third kappa shape index (κ3) is 3.58. The molecular weight excluding hydrogens is 272 g/mol. The summed E-state index contributed by atoms with van der Waals surface area (Å²) in [5.41, 5.74) is 1.61. The average molecular weight is 292 g/mol. The Morgan fingerprint density at radius 3 is 2.81 bits per heavy atom. The van der Waals surface area contributed by atoms with Gasteiger partial charge in [-0.2, -0.15) is 0 Å². The van der Waals surface area contributed by atoms with Crippen LogP contribution in [0.25, 0.3) is 0 Å². The van der Waals surface area contributed by atoms with E-state index in [2.05, 4.69) is 11.8 Å². The first-order valence-corrected chi connectivity index (χ1v) is 7.09. The molecule has 114 valence electrons. The summed E-state index contributed by atoms with van der Waals surface area (Å²) in [5, 5.41) is 20.1. The molecule has 6 nitrogen and oxygen atoms in total. The zero-order valence-electron chi connectivity index (χ0n) is 12.3. The van der Waals surface area contributed by atoms with Crippen LogP contribution < -0.4 is 0 Å². The number of hydrogen-bond donors (Lipinski definition) is 1. The van der Waals surface area contributed by atoms with Crippen molar-refractivity contribution < 1.29 is 14.8 Å². The summed E-state index contributed by atoms with van der Waals surface area (Å²) in [4.78, 5) is 23.8. The summed E-state index contributed by atoms with van der Waals surface area (Å²) >= 11 is 0. The second kappa shape index (κ2) is 6.22. The quantitative estimate of drug-likeness (QED) is 0.681. The highest BCUT2D eigenvalue weighted by molar-refractivity contribution is 5.70. The van der Waals surface area contributed by atoms with Crippen LogP contribution >= 0.6 is 0 Å². The van der Waals surface area contributed by atoms with Gasteiger partial charge < -0.3 is 5.11 Å². The fourth-order valence-corrected chi connectivity index (χ4v) is 2.79. The SMILES string of the molecule is Cc1ccc(CN2CC(C(=O)O)CCC2C)cc1[N+](=O)[O-]. The Morgan fingerprint density at radius 1 is 1.48 bits per heavy atom. The normalized spacial score (nSPS) is 23.0.